The fourth-order valence-corrected chi connectivity index (χ4v) is 3.24. The van der Waals surface area contributed by atoms with Crippen LogP contribution in [0.3, 0.4) is 0 Å². The monoisotopic (exact) mass is 267 g/mol. The quantitative estimate of drug-likeness (QED) is 0.741. The largest absolute Gasteiger partial charge is 0.368 e. The summed E-state index contributed by atoms with van der Waals surface area (Å²) in [5.41, 5.74) is 5.27. The van der Waals surface area contributed by atoms with Gasteiger partial charge in [0, 0.05) is 12.5 Å². The number of carbonyl (C=O) groups is 2. The Morgan fingerprint density at radius 1 is 1.21 bits per heavy atom. The molecule has 0 aromatic heterocycles. The van der Waals surface area contributed by atoms with E-state index in [1.807, 2.05) is 0 Å². The van der Waals surface area contributed by atoms with Gasteiger partial charge in [0.1, 0.15) is 0 Å². The second kappa shape index (κ2) is 6.89. The van der Waals surface area contributed by atoms with Gasteiger partial charge in [0.2, 0.25) is 11.8 Å². The normalized spacial score (nSPS) is 23.7. The summed E-state index contributed by atoms with van der Waals surface area (Å²) < 4.78 is 0. The number of amides is 2. The maximum Gasteiger partial charge on any atom is 0.237 e. The third-order valence-electron chi connectivity index (χ3n) is 4.34. The first kappa shape index (κ1) is 14.3. The molecule has 0 bridgehead atoms. The second-order valence-corrected chi connectivity index (χ2v) is 5.82. The van der Waals surface area contributed by atoms with Crippen molar-refractivity contribution in [2.45, 2.75) is 51.0 Å². The zero-order chi connectivity index (χ0) is 13.7. The van der Waals surface area contributed by atoms with E-state index in [2.05, 4.69) is 5.32 Å². The van der Waals surface area contributed by atoms with Crippen molar-refractivity contribution < 1.29 is 9.59 Å². The van der Waals surface area contributed by atoms with Gasteiger partial charge in [-0.25, -0.2) is 0 Å². The summed E-state index contributed by atoms with van der Waals surface area (Å²) in [6.07, 6.45) is 6.98. The maximum absolute atomic E-state index is 12.3. The highest BCUT2D eigenvalue weighted by Crippen LogP contribution is 2.25. The minimum absolute atomic E-state index is 0.0897. The Balaban J connectivity index is 1.84. The van der Waals surface area contributed by atoms with Gasteiger partial charge in [-0.3, -0.25) is 9.59 Å². The Labute approximate surface area is 114 Å². The van der Waals surface area contributed by atoms with Crippen LogP contribution in [0.1, 0.15) is 44.9 Å². The topological polar surface area (TPSA) is 75.4 Å². The van der Waals surface area contributed by atoms with Crippen LogP contribution in [-0.4, -0.2) is 42.4 Å². The van der Waals surface area contributed by atoms with Crippen LogP contribution < -0.4 is 11.1 Å². The van der Waals surface area contributed by atoms with Crippen molar-refractivity contribution in [2.24, 2.45) is 11.7 Å². The average Bonchev–Trinajstić information content (AvgIpc) is 3.05. The van der Waals surface area contributed by atoms with E-state index in [1.165, 1.54) is 0 Å². The van der Waals surface area contributed by atoms with Crippen LogP contribution in [0.25, 0.3) is 0 Å². The van der Waals surface area contributed by atoms with E-state index in [0.717, 1.165) is 51.6 Å². The molecule has 0 aromatic carbocycles. The van der Waals surface area contributed by atoms with Crippen LogP contribution >= 0.6 is 0 Å². The molecule has 1 heterocycles. The molecule has 5 nitrogen and oxygen atoms in total. The number of hydrogen-bond donors (Lipinski definition) is 2. The predicted molar refractivity (Wildman–Crippen MR) is 73.4 cm³/mol. The van der Waals surface area contributed by atoms with Crippen LogP contribution in [0.4, 0.5) is 0 Å². The van der Waals surface area contributed by atoms with E-state index in [9.17, 15) is 9.59 Å². The summed E-state index contributed by atoms with van der Waals surface area (Å²) in [5.74, 6) is 0.323. The molecule has 2 amide bonds. The number of hydrogen-bond acceptors (Lipinski definition) is 3. The lowest BCUT2D eigenvalue weighted by atomic mass is 10.0. The number of primary amides is 1. The van der Waals surface area contributed by atoms with Gasteiger partial charge in [0.05, 0.1) is 6.54 Å². The molecule has 108 valence electrons. The molecule has 1 atom stereocenters. The summed E-state index contributed by atoms with van der Waals surface area (Å²) in [6, 6.07) is 0.238. The highest BCUT2D eigenvalue weighted by molar-refractivity contribution is 5.84. The van der Waals surface area contributed by atoms with Gasteiger partial charge in [0.15, 0.2) is 0 Å². The minimum atomic E-state index is -0.400. The maximum atomic E-state index is 12.3. The molecule has 1 aliphatic heterocycles. The fourth-order valence-electron chi connectivity index (χ4n) is 3.24. The van der Waals surface area contributed by atoms with E-state index in [4.69, 9.17) is 5.73 Å². The molecule has 3 N–H and O–H groups in total. The average molecular weight is 267 g/mol. The van der Waals surface area contributed by atoms with Gasteiger partial charge in [0.25, 0.3) is 0 Å². The Bertz CT molecular complexity index is 321. The summed E-state index contributed by atoms with van der Waals surface area (Å²) >= 11 is 0. The third-order valence-corrected chi connectivity index (χ3v) is 4.34. The standard InChI is InChI=1S/C14H25N3O2/c15-13(18)10-17(12-3-1-2-4-12)14(19)6-5-11-7-8-16-9-11/h11-12,16H,1-10H2,(H2,15,18). The Morgan fingerprint density at radius 3 is 2.53 bits per heavy atom. The first-order valence-electron chi connectivity index (χ1n) is 7.45. The van der Waals surface area contributed by atoms with Crippen molar-refractivity contribution in [3.8, 4) is 0 Å². The molecular weight excluding hydrogens is 242 g/mol. The van der Waals surface area contributed by atoms with Gasteiger partial charge in [-0.15, -0.1) is 0 Å². The van der Waals surface area contributed by atoms with E-state index >= 15 is 0 Å². The molecule has 19 heavy (non-hydrogen) atoms. The van der Waals surface area contributed by atoms with Gasteiger partial charge in [-0.2, -0.15) is 0 Å². The van der Waals surface area contributed by atoms with Gasteiger partial charge in [-0.05, 0) is 44.7 Å². The van der Waals surface area contributed by atoms with E-state index < -0.39 is 5.91 Å². The van der Waals surface area contributed by atoms with Crippen molar-refractivity contribution in [1.29, 1.82) is 0 Å². The Morgan fingerprint density at radius 2 is 1.95 bits per heavy atom. The van der Waals surface area contributed by atoms with Gasteiger partial charge in [-0.1, -0.05) is 12.8 Å². The minimum Gasteiger partial charge on any atom is -0.368 e. The molecule has 0 radical (unpaired) electrons. The zero-order valence-electron chi connectivity index (χ0n) is 11.6. The smallest absolute Gasteiger partial charge is 0.237 e. The predicted octanol–water partition coefficient (Wildman–Crippen LogP) is 0.633. The summed E-state index contributed by atoms with van der Waals surface area (Å²) in [6.45, 7) is 2.17. The summed E-state index contributed by atoms with van der Waals surface area (Å²) in [4.78, 5) is 25.2. The van der Waals surface area contributed by atoms with Crippen molar-refractivity contribution in [3.63, 3.8) is 0 Å². The number of carbonyl (C=O) groups excluding carboxylic acids is 2. The number of nitrogens with two attached hydrogens (primary N) is 1. The molecule has 0 aromatic rings. The molecule has 5 heteroatoms. The van der Waals surface area contributed by atoms with E-state index in [1.54, 1.807) is 4.90 Å². The van der Waals surface area contributed by atoms with E-state index in [0.29, 0.717) is 12.3 Å². The number of nitrogens with zero attached hydrogens (tertiary/aromatic N) is 1. The number of rotatable bonds is 6. The first-order chi connectivity index (χ1) is 9.16. The Kier molecular flexibility index (Phi) is 5.19. The van der Waals surface area contributed by atoms with Gasteiger partial charge < -0.3 is 16.0 Å². The number of nitrogens with one attached hydrogen (secondary N) is 1. The van der Waals surface area contributed by atoms with Crippen molar-refractivity contribution in [3.05, 3.63) is 0 Å². The molecule has 1 saturated heterocycles. The molecule has 2 aliphatic rings. The SMILES string of the molecule is NC(=O)CN(C(=O)CCC1CCNC1)C1CCCC1. The molecule has 2 fully saturated rings. The van der Waals surface area contributed by atoms with Crippen molar-refractivity contribution in [2.75, 3.05) is 19.6 Å². The lowest BCUT2D eigenvalue weighted by Gasteiger charge is -2.28. The molecule has 2 rings (SSSR count). The lowest BCUT2D eigenvalue weighted by Crippen LogP contribution is -2.44. The first-order valence-corrected chi connectivity index (χ1v) is 7.45. The molecule has 1 unspecified atom stereocenters. The van der Waals surface area contributed by atoms with Gasteiger partial charge >= 0.3 is 0 Å². The van der Waals surface area contributed by atoms with Crippen LogP contribution in [0, 0.1) is 5.92 Å². The lowest BCUT2D eigenvalue weighted by molar-refractivity contribution is -0.137. The summed E-state index contributed by atoms with van der Waals surface area (Å²) in [7, 11) is 0. The van der Waals surface area contributed by atoms with Crippen LogP contribution in [0.15, 0.2) is 0 Å². The van der Waals surface area contributed by atoms with Crippen LogP contribution in [0.5, 0.6) is 0 Å². The molecule has 0 spiro atoms. The van der Waals surface area contributed by atoms with Crippen LogP contribution in [-0.2, 0) is 9.59 Å². The third kappa shape index (κ3) is 4.20. The highest BCUT2D eigenvalue weighted by Gasteiger charge is 2.28. The molecule has 1 aliphatic carbocycles. The zero-order valence-corrected chi connectivity index (χ0v) is 11.6. The summed E-state index contributed by atoms with van der Waals surface area (Å²) in [5, 5.41) is 3.31. The molecule has 1 saturated carbocycles. The Hall–Kier alpha value is -1.10. The molecular formula is C14H25N3O2. The van der Waals surface area contributed by atoms with E-state index in [-0.39, 0.29) is 18.5 Å². The fraction of sp³-hybridized carbons (Fsp3) is 0.857. The second-order valence-electron chi connectivity index (χ2n) is 5.82. The highest BCUT2D eigenvalue weighted by atomic mass is 16.2. The van der Waals surface area contributed by atoms with Crippen molar-refractivity contribution >= 4 is 11.8 Å². The van der Waals surface area contributed by atoms with Crippen LogP contribution in [0.2, 0.25) is 0 Å². The van der Waals surface area contributed by atoms with Crippen molar-refractivity contribution in [1.82, 2.24) is 10.2 Å².